The Morgan fingerprint density at radius 3 is 1.01 bits per heavy atom. The first-order valence-electron chi connectivity index (χ1n) is 38.5. The fraction of sp³-hybridized carbons (Fsp3) is 0.286. The van der Waals surface area contributed by atoms with E-state index in [0.717, 1.165) is 72.6 Å². The molecular formula is C98H95BN4. The largest absolute Gasteiger partial charge is 0.310 e. The number of hydrogen-bond donors (Lipinski definition) is 0. The minimum Gasteiger partial charge on any atom is -0.310 e. The van der Waals surface area contributed by atoms with Gasteiger partial charge in [0.05, 0.1) is 22.4 Å². The molecule has 14 aromatic rings. The molecule has 5 heteroatoms. The Balaban J connectivity index is 1.02. The van der Waals surface area contributed by atoms with Gasteiger partial charge in [0.1, 0.15) is 0 Å². The van der Waals surface area contributed by atoms with Crippen LogP contribution >= 0.6 is 0 Å². The van der Waals surface area contributed by atoms with Gasteiger partial charge in [-0.05, 0) is 232 Å². The van der Waals surface area contributed by atoms with Gasteiger partial charge in [-0.3, -0.25) is 0 Å². The predicted molar refractivity (Wildman–Crippen MR) is 440 cm³/mol. The number of fused-ring (bicyclic) bond motifs is 10. The summed E-state index contributed by atoms with van der Waals surface area (Å²) >= 11 is 0. The standard InChI is InChI=1S/C98H95BN4/c1-95(2,3)75-55-79(97(7,8)9)89-77-49-70(64-39-27-17-28-40-64)51-81-92(77)102(85(89)57-75)87-53-73(54-88-91(87)99(81)82-52-71(65-41-29-18-30-42-65)50-78-90-80(98(10,11)12)56-76(96(4,5)6)58-86(90)103(88)93(78)82)84-59-83(72-45-66(60-31-19-13-20-32-60)43-67(46-72)61-33-21-14-22-34-61)100-94(101-84)74-47-68(62-35-23-15-24-36-62)44-69(48-74)63-37-25-16-26-38-63/h13-16,19-26,31-38,43-59,64-65H,17-18,27-30,39-42H2,1-12H3. The highest BCUT2D eigenvalue weighted by Crippen LogP contribution is 2.50. The second kappa shape index (κ2) is 24.4. The fourth-order valence-corrected chi connectivity index (χ4v) is 18.5. The van der Waals surface area contributed by atoms with Gasteiger partial charge in [0.2, 0.25) is 0 Å². The van der Waals surface area contributed by atoms with Gasteiger partial charge in [-0.15, -0.1) is 0 Å². The second-order valence-corrected chi connectivity index (χ2v) is 35.1. The third kappa shape index (κ3) is 11.2. The molecule has 510 valence electrons. The monoisotopic (exact) mass is 1340 g/mol. The number of aromatic nitrogens is 4. The Kier molecular flexibility index (Phi) is 15.4. The van der Waals surface area contributed by atoms with E-state index in [4.69, 9.17) is 9.97 Å². The molecule has 5 heterocycles. The van der Waals surface area contributed by atoms with Gasteiger partial charge >= 0.3 is 0 Å². The Labute approximate surface area is 610 Å². The molecule has 103 heavy (non-hydrogen) atoms. The molecule has 0 unspecified atom stereocenters. The van der Waals surface area contributed by atoms with E-state index >= 15 is 0 Å². The molecule has 0 saturated heterocycles. The molecule has 0 radical (unpaired) electrons. The van der Waals surface area contributed by atoms with Crippen LogP contribution < -0.4 is 16.4 Å². The lowest BCUT2D eigenvalue weighted by Crippen LogP contribution is -2.59. The number of nitrogens with zero attached hydrogens (tertiary/aromatic N) is 4. The molecule has 4 aliphatic rings. The fourth-order valence-electron chi connectivity index (χ4n) is 18.5. The van der Waals surface area contributed by atoms with Crippen LogP contribution in [0.3, 0.4) is 0 Å². The highest BCUT2D eigenvalue weighted by atomic mass is 15.0. The van der Waals surface area contributed by atoms with Gasteiger partial charge in [-0.1, -0.05) is 267 Å². The lowest BCUT2D eigenvalue weighted by atomic mass is 9.34. The van der Waals surface area contributed by atoms with Gasteiger partial charge in [0, 0.05) is 60.6 Å². The molecule has 0 atom stereocenters. The number of benzene rings is 11. The topological polar surface area (TPSA) is 35.6 Å². The average Bonchev–Trinajstić information content (AvgIpc) is 1.53. The molecule has 2 saturated carbocycles. The number of hydrogen-bond acceptors (Lipinski definition) is 2. The normalized spacial score (nSPS) is 15.1. The van der Waals surface area contributed by atoms with Crippen molar-refractivity contribution in [1.82, 2.24) is 19.1 Å². The minimum atomic E-state index is -0.158. The van der Waals surface area contributed by atoms with Crippen LogP contribution in [-0.4, -0.2) is 25.8 Å². The van der Waals surface area contributed by atoms with Crippen molar-refractivity contribution in [2.24, 2.45) is 0 Å². The van der Waals surface area contributed by atoms with E-state index in [9.17, 15) is 0 Å². The van der Waals surface area contributed by atoms with Crippen LogP contribution in [0.5, 0.6) is 0 Å². The third-order valence-corrected chi connectivity index (χ3v) is 23.9. The summed E-state index contributed by atoms with van der Waals surface area (Å²) in [5, 5.41) is 5.60. The van der Waals surface area contributed by atoms with Crippen molar-refractivity contribution in [3.8, 4) is 89.8 Å². The van der Waals surface area contributed by atoms with Crippen molar-refractivity contribution in [2.45, 2.75) is 181 Å². The van der Waals surface area contributed by atoms with Gasteiger partial charge < -0.3 is 9.13 Å². The zero-order valence-electron chi connectivity index (χ0n) is 62.5. The minimum absolute atomic E-state index is 0.0455. The van der Waals surface area contributed by atoms with E-state index < -0.39 is 0 Å². The van der Waals surface area contributed by atoms with E-state index in [1.54, 1.807) is 0 Å². The molecule has 0 amide bonds. The Morgan fingerprint density at radius 2 is 0.660 bits per heavy atom. The SMILES string of the molecule is CC(C)(C)c1cc(C(C)(C)C)c2c3cc(C4CCCCC4)cc4c3n(c2c1)-c1cc(-c2cc(-c3cc(-c5ccccc5)cc(-c5ccccc5)c3)nc(-c3cc(-c5ccccc5)cc(-c5ccccc5)c3)n2)cc2c1B4c1cc(C3CCCCC3)cc3c4c(C(C)(C)C)cc(C(C)(C)C)cc4n-2c13. The van der Waals surface area contributed by atoms with Crippen molar-refractivity contribution in [3.63, 3.8) is 0 Å². The van der Waals surface area contributed by atoms with Gasteiger partial charge in [0.25, 0.3) is 6.71 Å². The van der Waals surface area contributed by atoms with Crippen molar-refractivity contribution in [3.05, 3.63) is 258 Å². The predicted octanol–water partition coefficient (Wildman–Crippen LogP) is 24.8. The third-order valence-electron chi connectivity index (χ3n) is 23.9. The van der Waals surface area contributed by atoms with Crippen LogP contribution in [0.25, 0.3) is 133 Å². The Morgan fingerprint density at radius 1 is 0.320 bits per heavy atom. The van der Waals surface area contributed by atoms with Crippen LogP contribution in [0.4, 0.5) is 0 Å². The maximum absolute atomic E-state index is 6.06. The zero-order chi connectivity index (χ0) is 70.6. The molecule has 18 rings (SSSR count). The van der Waals surface area contributed by atoms with Crippen LogP contribution in [0.15, 0.2) is 224 Å². The van der Waals surface area contributed by atoms with Crippen molar-refractivity contribution >= 4 is 66.7 Å². The van der Waals surface area contributed by atoms with E-state index in [2.05, 4.69) is 317 Å². The molecular weight excluding hydrogens is 1240 g/mol. The van der Waals surface area contributed by atoms with Crippen molar-refractivity contribution < 1.29 is 0 Å². The maximum Gasteiger partial charge on any atom is 0.252 e. The summed E-state index contributed by atoms with van der Waals surface area (Å²) in [4.78, 5) is 11.9. The van der Waals surface area contributed by atoms with Gasteiger partial charge in [-0.2, -0.15) is 0 Å². The molecule has 0 spiro atoms. The first-order chi connectivity index (χ1) is 49.6. The zero-order valence-corrected chi connectivity index (χ0v) is 62.5. The molecule has 2 aliphatic carbocycles. The van der Waals surface area contributed by atoms with E-state index in [-0.39, 0.29) is 28.4 Å². The highest BCUT2D eigenvalue weighted by molar-refractivity contribution is 7.00. The Bertz CT molecular complexity index is 5250. The Hall–Kier alpha value is -9.84. The molecule has 2 aliphatic heterocycles. The quantitative estimate of drug-likeness (QED) is 0.135. The first kappa shape index (κ1) is 65.2. The highest BCUT2D eigenvalue weighted by Gasteiger charge is 2.44. The van der Waals surface area contributed by atoms with E-state index in [1.807, 2.05) is 0 Å². The van der Waals surface area contributed by atoms with Gasteiger partial charge in [-0.25, -0.2) is 9.97 Å². The van der Waals surface area contributed by atoms with Crippen LogP contribution in [-0.2, 0) is 21.7 Å². The van der Waals surface area contributed by atoms with Crippen LogP contribution in [0.2, 0.25) is 0 Å². The second-order valence-electron chi connectivity index (χ2n) is 35.1. The summed E-state index contributed by atoms with van der Waals surface area (Å²) in [6.07, 6.45) is 12.7. The summed E-state index contributed by atoms with van der Waals surface area (Å²) in [5.41, 5.74) is 34.1. The maximum atomic E-state index is 6.06. The smallest absolute Gasteiger partial charge is 0.252 e. The summed E-state index contributed by atoms with van der Waals surface area (Å²) < 4.78 is 5.59. The van der Waals surface area contributed by atoms with Gasteiger partial charge in [0.15, 0.2) is 5.82 Å². The molecule has 4 nitrogen and oxygen atoms in total. The van der Waals surface area contributed by atoms with E-state index in [1.165, 1.54) is 169 Å². The first-order valence-corrected chi connectivity index (χ1v) is 38.5. The van der Waals surface area contributed by atoms with Crippen LogP contribution in [0.1, 0.15) is 193 Å². The number of rotatable bonds is 9. The molecule has 0 bridgehead atoms. The lowest BCUT2D eigenvalue weighted by molar-refractivity contribution is 0.444. The van der Waals surface area contributed by atoms with E-state index in [0.29, 0.717) is 17.7 Å². The molecule has 0 N–H and O–H groups in total. The average molecular weight is 1340 g/mol. The summed E-state index contributed by atoms with van der Waals surface area (Å²) in [6.45, 7) is 29.1. The molecule has 2 fully saturated rings. The molecule has 3 aromatic heterocycles. The summed E-state index contributed by atoms with van der Waals surface area (Å²) in [7, 11) is 0. The summed E-state index contributed by atoms with van der Waals surface area (Å²) in [5.74, 6) is 1.69. The van der Waals surface area contributed by atoms with Crippen molar-refractivity contribution in [2.75, 3.05) is 0 Å². The lowest BCUT2D eigenvalue weighted by Gasteiger charge is -2.35. The van der Waals surface area contributed by atoms with Crippen molar-refractivity contribution in [1.29, 1.82) is 0 Å². The van der Waals surface area contributed by atoms with Crippen LogP contribution in [0, 0.1) is 0 Å². The molecule has 11 aromatic carbocycles. The summed E-state index contributed by atoms with van der Waals surface area (Å²) in [6, 6.07) is 86.3.